The van der Waals surface area contributed by atoms with Crippen molar-refractivity contribution < 1.29 is 14.7 Å². The Morgan fingerprint density at radius 3 is 2.39 bits per heavy atom. The first-order chi connectivity index (χ1) is 18.1. The molecule has 38 heavy (non-hydrogen) atoms. The van der Waals surface area contributed by atoms with Gasteiger partial charge in [0.2, 0.25) is 5.91 Å². The Morgan fingerprint density at radius 1 is 1.08 bits per heavy atom. The van der Waals surface area contributed by atoms with Crippen LogP contribution in [0.15, 0.2) is 66.2 Å². The van der Waals surface area contributed by atoms with E-state index in [9.17, 15) is 14.7 Å². The van der Waals surface area contributed by atoms with E-state index in [1.54, 1.807) is 4.90 Å². The molecule has 1 aliphatic carbocycles. The van der Waals surface area contributed by atoms with E-state index in [0.29, 0.717) is 25.3 Å². The molecule has 202 valence electrons. The summed E-state index contributed by atoms with van der Waals surface area (Å²) in [5.41, 5.74) is 0.687. The average molecular weight is 515 g/mol. The van der Waals surface area contributed by atoms with Crippen LogP contribution in [0.1, 0.15) is 70.9 Å². The zero-order valence-corrected chi connectivity index (χ0v) is 23.3. The van der Waals surface area contributed by atoms with Crippen LogP contribution in [0, 0.1) is 22.7 Å². The van der Waals surface area contributed by atoms with E-state index in [0.717, 1.165) is 36.8 Å². The van der Waals surface area contributed by atoms with Gasteiger partial charge in [-0.2, -0.15) is 0 Å². The average Bonchev–Trinajstić information content (AvgIpc) is 3.18. The van der Waals surface area contributed by atoms with E-state index < -0.39 is 11.1 Å². The smallest absolute Gasteiger partial charge is 0.329 e. The number of urea groups is 1. The number of rotatable bonds is 8. The molecule has 1 saturated carbocycles. The molecular formula is C33H42N2O3. The predicted octanol–water partition coefficient (Wildman–Crippen LogP) is 6.53. The maximum absolute atomic E-state index is 14.3. The second-order valence-corrected chi connectivity index (χ2v) is 12.8. The van der Waals surface area contributed by atoms with Crippen molar-refractivity contribution in [3.8, 4) is 0 Å². The Kier molecular flexibility index (Phi) is 7.02. The molecule has 0 bridgehead atoms. The molecule has 5 heteroatoms. The number of amides is 3. The number of carbonyl (C=O) groups excluding carboxylic acids is 2. The molecule has 0 radical (unpaired) electrons. The van der Waals surface area contributed by atoms with Gasteiger partial charge in [-0.3, -0.25) is 14.6 Å². The van der Waals surface area contributed by atoms with Crippen molar-refractivity contribution >= 4 is 18.0 Å². The Labute approximate surface area is 227 Å². The number of aliphatic hydroxyl groups is 1. The summed E-state index contributed by atoms with van der Waals surface area (Å²) >= 11 is 0. The highest BCUT2D eigenvalue weighted by molar-refractivity contribution is 6.02. The van der Waals surface area contributed by atoms with Crippen molar-refractivity contribution in [2.24, 2.45) is 22.7 Å². The zero-order chi connectivity index (χ0) is 27.1. The number of nitrogens with zero attached hydrogens (tertiary/aromatic N) is 2. The van der Waals surface area contributed by atoms with Crippen LogP contribution in [0.2, 0.25) is 0 Å². The van der Waals surface area contributed by atoms with Crippen LogP contribution < -0.4 is 0 Å². The Balaban J connectivity index is 1.52. The lowest BCUT2D eigenvalue weighted by molar-refractivity contribution is -0.237. The zero-order valence-electron chi connectivity index (χ0n) is 23.3. The predicted molar refractivity (Wildman–Crippen MR) is 151 cm³/mol. The summed E-state index contributed by atoms with van der Waals surface area (Å²) in [6.07, 6.45) is 6.53. The van der Waals surface area contributed by atoms with Crippen LogP contribution in [0.4, 0.5) is 4.79 Å². The van der Waals surface area contributed by atoms with Crippen LogP contribution in [0.25, 0.3) is 6.08 Å². The Bertz CT molecular complexity index is 1210. The number of carbonyl (C=O) groups is 2. The molecule has 2 aromatic carbocycles. The molecule has 0 aromatic heterocycles. The summed E-state index contributed by atoms with van der Waals surface area (Å²) in [6, 6.07) is 20.0. The maximum Gasteiger partial charge on any atom is 0.329 e. The molecule has 3 aliphatic rings. The van der Waals surface area contributed by atoms with Gasteiger partial charge in [-0.05, 0) is 67.9 Å². The minimum atomic E-state index is -1.42. The van der Waals surface area contributed by atoms with E-state index in [-0.39, 0.29) is 29.8 Å². The quantitative estimate of drug-likeness (QED) is 0.436. The van der Waals surface area contributed by atoms with Crippen molar-refractivity contribution in [2.75, 3.05) is 13.1 Å². The second kappa shape index (κ2) is 10.00. The van der Waals surface area contributed by atoms with Crippen LogP contribution in [-0.4, -0.2) is 45.7 Å². The van der Waals surface area contributed by atoms with Crippen LogP contribution in [0.3, 0.4) is 0 Å². The first-order valence-electron chi connectivity index (χ1n) is 14.2. The number of benzene rings is 2. The van der Waals surface area contributed by atoms with Gasteiger partial charge >= 0.3 is 6.03 Å². The highest BCUT2D eigenvalue weighted by Crippen LogP contribution is 2.63. The van der Waals surface area contributed by atoms with E-state index in [4.69, 9.17) is 0 Å². The highest BCUT2D eigenvalue weighted by Gasteiger charge is 2.73. The van der Waals surface area contributed by atoms with Gasteiger partial charge in [-0.15, -0.1) is 0 Å². The normalized spacial score (nSPS) is 31.2. The van der Waals surface area contributed by atoms with Crippen molar-refractivity contribution in [1.82, 2.24) is 9.80 Å². The third-order valence-corrected chi connectivity index (χ3v) is 9.24. The molecule has 4 atom stereocenters. The van der Waals surface area contributed by atoms with Crippen molar-refractivity contribution in [1.29, 1.82) is 0 Å². The Morgan fingerprint density at radius 2 is 1.74 bits per heavy atom. The largest absolute Gasteiger partial charge is 0.369 e. The number of imide groups is 1. The lowest BCUT2D eigenvalue weighted by Gasteiger charge is -2.61. The summed E-state index contributed by atoms with van der Waals surface area (Å²) in [7, 11) is 0. The lowest BCUT2D eigenvalue weighted by Crippen LogP contribution is -2.77. The highest BCUT2D eigenvalue weighted by atomic mass is 16.3. The van der Waals surface area contributed by atoms with E-state index in [1.807, 2.05) is 49.4 Å². The van der Waals surface area contributed by atoms with Crippen molar-refractivity contribution in [3.63, 3.8) is 0 Å². The minimum Gasteiger partial charge on any atom is -0.369 e. The molecule has 3 amide bonds. The number of piperidine rings is 1. The van der Waals surface area contributed by atoms with Gasteiger partial charge in [-0.25, -0.2) is 4.79 Å². The fourth-order valence-corrected chi connectivity index (χ4v) is 7.49. The SMILES string of the molecule is C/C(=C\c1ccccc1)CN1C(=O)N2C[C@@](C)(Cc3ccccc3)C[C@@H]3CC[C@](CCC(C)C)(C1=O)[C@@]32O. The maximum atomic E-state index is 14.3. The molecule has 2 aliphatic heterocycles. The third kappa shape index (κ3) is 4.49. The molecular weight excluding hydrogens is 472 g/mol. The summed E-state index contributed by atoms with van der Waals surface area (Å²) in [4.78, 5) is 31.6. The van der Waals surface area contributed by atoms with Gasteiger partial charge in [0.15, 0.2) is 5.72 Å². The van der Waals surface area contributed by atoms with Gasteiger partial charge < -0.3 is 5.11 Å². The number of hydrogen-bond acceptors (Lipinski definition) is 3. The molecule has 1 N–H and O–H groups in total. The first kappa shape index (κ1) is 26.7. The van der Waals surface area contributed by atoms with E-state index in [2.05, 4.69) is 45.0 Å². The molecule has 0 unspecified atom stereocenters. The molecule has 5 rings (SSSR count). The fourth-order valence-electron chi connectivity index (χ4n) is 7.49. The molecule has 0 spiro atoms. The minimum absolute atomic E-state index is 0.104. The van der Waals surface area contributed by atoms with Gasteiger partial charge in [0.25, 0.3) is 0 Å². The molecule has 2 heterocycles. The van der Waals surface area contributed by atoms with E-state index >= 15 is 0 Å². The monoisotopic (exact) mass is 514 g/mol. The van der Waals surface area contributed by atoms with Gasteiger partial charge in [-0.1, -0.05) is 93.1 Å². The standard InChI is InChI=1S/C33H42N2O3/c1-24(2)15-17-32-18-16-28-21-31(4,20-27-13-9-6-10-14-27)23-35(33(28,32)38)30(37)34(29(32)36)22-25(3)19-26-11-7-5-8-12-26/h5-14,19,24,28,38H,15-18,20-23H2,1-4H3/b25-19+/t28-,31-,32+,33-/m0/s1. The molecule has 3 fully saturated rings. The molecule has 5 nitrogen and oxygen atoms in total. The van der Waals surface area contributed by atoms with Crippen molar-refractivity contribution in [2.45, 2.75) is 71.9 Å². The summed E-state index contributed by atoms with van der Waals surface area (Å²) < 4.78 is 0. The van der Waals surface area contributed by atoms with Gasteiger partial charge in [0.1, 0.15) is 0 Å². The van der Waals surface area contributed by atoms with Crippen LogP contribution in [-0.2, 0) is 11.2 Å². The Hall–Kier alpha value is -2.92. The topological polar surface area (TPSA) is 60.9 Å². The summed E-state index contributed by atoms with van der Waals surface area (Å²) in [5, 5.41) is 12.5. The first-order valence-corrected chi connectivity index (χ1v) is 14.2. The fraction of sp³-hybridized carbons (Fsp3) is 0.515. The summed E-state index contributed by atoms with van der Waals surface area (Å²) in [5.74, 6) is 0.121. The lowest BCUT2D eigenvalue weighted by atomic mass is 9.63. The molecule has 2 saturated heterocycles. The van der Waals surface area contributed by atoms with Crippen LogP contribution in [0.5, 0.6) is 0 Å². The molecule has 2 aromatic rings. The van der Waals surface area contributed by atoms with E-state index in [1.165, 1.54) is 10.5 Å². The van der Waals surface area contributed by atoms with Gasteiger partial charge in [0, 0.05) is 12.5 Å². The number of hydrogen-bond donors (Lipinski definition) is 1. The van der Waals surface area contributed by atoms with Crippen LogP contribution >= 0.6 is 0 Å². The third-order valence-electron chi connectivity index (χ3n) is 9.24. The summed E-state index contributed by atoms with van der Waals surface area (Å²) in [6.45, 7) is 9.22. The van der Waals surface area contributed by atoms with Crippen molar-refractivity contribution in [3.05, 3.63) is 77.4 Å². The van der Waals surface area contributed by atoms with Gasteiger partial charge in [0.05, 0.1) is 12.0 Å². The second-order valence-electron chi connectivity index (χ2n) is 12.8.